The van der Waals surface area contributed by atoms with Crippen LogP contribution in [0.1, 0.15) is 5.56 Å². The highest BCUT2D eigenvalue weighted by Gasteiger charge is 1.98. The van der Waals surface area contributed by atoms with Crippen LogP contribution in [0.2, 0.25) is 0 Å². The molecule has 0 atom stereocenters. The number of hydrogen-bond acceptors (Lipinski definition) is 2. The van der Waals surface area contributed by atoms with E-state index >= 15 is 0 Å². The monoisotopic (exact) mass is 191 g/mol. The van der Waals surface area contributed by atoms with Gasteiger partial charge in [0.15, 0.2) is 0 Å². The van der Waals surface area contributed by atoms with Crippen molar-refractivity contribution in [3.63, 3.8) is 0 Å². The molecule has 0 unspecified atom stereocenters. The third-order valence-corrected chi connectivity index (χ3v) is 1.95. The van der Waals surface area contributed by atoms with Crippen LogP contribution in [-0.2, 0) is 0 Å². The van der Waals surface area contributed by atoms with Crippen molar-refractivity contribution in [1.29, 1.82) is 0 Å². The number of hydrogen-bond donors (Lipinski definition) is 1. The van der Waals surface area contributed by atoms with Crippen molar-refractivity contribution in [2.45, 2.75) is 6.92 Å². The lowest BCUT2D eigenvalue weighted by Gasteiger charge is -2.10. The van der Waals surface area contributed by atoms with Crippen molar-refractivity contribution in [3.8, 4) is 5.75 Å². The molecule has 2 heteroatoms. The SMILES string of the molecule is C=C(CNC)COc1ccccc1C. The van der Waals surface area contributed by atoms with Gasteiger partial charge >= 0.3 is 0 Å². The molecule has 1 aromatic carbocycles. The third-order valence-electron chi connectivity index (χ3n) is 1.95. The highest BCUT2D eigenvalue weighted by Crippen LogP contribution is 2.16. The largest absolute Gasteiger partial charge is 0.489 e. The van der Waals surface area contributed by atoms with E-state index in [-0.39, 0.29) is 0 Å². The molecule has 1 aromatic rings. The smallest absolute Gasteiger partial charge is 0.122 e. The molecular weight excluding hydrogens is 174 g/mol. The minimum Gasteiger partial charge on any atom is -0.489 e. The summed E-state index contributed by atoms with van der Waals surface area (Å²) in [5, 5.41) is 3.04. The Balaban J connectivity index is 2.46. The summed E-state index contributed by atoms with van der Waals surface area (Å²) in [6.07, 6.45) is 0. The average molecular weight is 191 g/mol. The van der Waals surface area contributed by atoms with Crippen LogP contribution in [0.15, 0.2) is 36.4 Å². The highest BCUT2D eigenvalue weighted by molar-refractivity contribution is 5.32. The van der Waals surface area contributed by atoms with Gasteiger partial charge in [0, 0.05) is 6.54 Å². The summed E-state index contributed by atoms with van der Waals surface area (Å²) in [6, 6.07) is 7.99. The van der Waals surface area contributed by atoms with E-state index in [0.29, 0.717) is 6.61 Å². The molecule has 0 radical (unpaired) electrons. The lowest BCUT2D eigenvalue weighted by atomic mass is 10.2. The van der Waals surface area contributed by atoms with E-state index in [0.717, 1.165) is 23.4 Å². The van der Waals surface area contributed by atoms with Crippen LogP contribution in [0.5, 0.6) is 5.75 Å². The van der Waals surface area contributed by atoms with Crippen molar-refractivity contribution < 1.29 is 4.74 Å². The molecule has 0 aliphatic carbocycles. The molecule has 0 aromatic heterocycles. The zero-order valence-corrected chi connectivity index (χ0v) is 8.84. The highest BCUT2D eigenvalue weighted by atomic mass is 16.5. The molecule has 0 saturated carbocycles. The minimum absolute atomic E-state index is 0.575. The molecular formula is C12H17NO. The summed E-state index contributed by atoms with van der Waals surface area (Å²) < 4.78 is 5.61. The number of para-hydroxylation sites is 1. The van der Waals surface area contributed by atoms with Gasteiger partial charge in [0.25, 0.3) is 0 Å². The molecule has 1 rings (SSSR count). The van der Waals surface area contributed by atoms with Crippen LogP contribution in [0.3, 0.4) is 0 Å². The Bertz CT molecular complexity index is 307. The number of benzene rings is 1. The Labute approximate surface area is 85.6 Å². The first kappa shape index (κ1) is 10.8. The van der Waals surface area contributed by atoms with Crippen LogP contribution in [0.25, 0.3) is 0 Å². The van der Waals surface area contributed by atoms with Crippen molar-refractivity contribution in [2.75, 3.05) is 20.2 Å². The number of nitrogens with one attached hydrogen (secondary N) is 1. The fourth-order valence-corrected chi connectivity index (χ4v) is 1.20. The average Bonchev–Trinajstić information content (AvgIpc) is 2.17. The Hall–Kier alpha value is -1.28. The zero-order valence-electron chi connectivity index (χ0n) is 8.84. The van der Waals surface area contributed by atoms with Crippen LogP contribution in [0, 0.1) is 6.92 Å². The first-order chi connectivity index (χ1) is 6.74. The molecule has 0 amide bonds. The zero-order chi connectivity index (χ0) is 10.4. The topological polar surface area (TPSA) is 21.3 Å². The van der Waals surface area contributed by atoms with Gasteiger partial charge in [0.05, 0.1) is 0 Å². The van der Waals surface area contributed by atoms with Gasteiger partial charge in [-0.2, -0.15) is 0 Å². The molecule has 0 fully saturated rings. The molecule has 0 aliphatic rings. The van der Waals surface area contributed by atoms with Gasteiger partial charge in [-0.05, 0) is 31.2 Å². The Morgan fingerprint density at radius 1 is 1.43 bits per heavy atom. The second-order valence-electron chi connectivity index (χ2n) is 3.33. The van der Waals surface area contributed by atoms with Gasteiger partial charge in [0.2, 0.25) is 0 Å². The Morgan fingerprint density at radius 2 is 2.14 bits per heavy atom. The van der Waals surface area contributed by atoms with Gasteiger partial charge in [0.1, 0.15) is 12.4 Å². The standard InChI is InChI=1S/C12H17NO/c1-10(8-13-3)9-14-12-7-5-4-6-11(12)2/h4-7,13H,1,8-9H2,2-3H3. The normalized spacial score (nSPS) is 9.86. The quantitative estimate of drug-likeness (QED) is 0.720. The van der Waals surface area contributed by atoms with Gasteiger partial charge in [-0.15, -0.1) is 0 Å². The van der Waals surface area contributed by atoms with Crippen LogP contribution in [-0.4, -0.2) is 20.2 Å². The summed E-state index contributed by atoms with van der Waals surface area (Å²) in [5.41, 5.74) is 2.21. The summed E-state index contributed by atoms with van der Waals surface area (Å²) in [4.78, 5) is 0. The predicted octanol–water partition coefficient (Wildman–Crippen LogP) is 2.15. The fourth-order valence-electron chi connectivity index (χ4n) is 1.20. The van der Waals surface area contributed by atoms with E-state index in [1.165, 1.54) is 0 Å². The van der Waals surface area contributed by atoms with Gasteiger partial charge in [-0.25, -0.2) is 0 Å². The molecule has 1 N–H and O–H groups in total. The molecule has 76 valence electrons. The molecule has 0 bridgehead atoms. The Morgan fingerprint density at radius 3 is 2.79 bits per heavy atom. The number of rotatable bonds is 5. The predicted molar refractivity (Wildman–Crippen MR) is 59.7 cm³/mol. The number of aryl methyl sites for hydroxylation is 1. The van der Waals surface area contributed by atoms with Gasteiger partial charge < -0.3 is 10.1 Å². The van der Waals surface area contributed by atoms with E-state index < -0.39 is 0 Å². The fraction of sp³-hybridized carbons (Fsp3) is 0.333. The second-order valence-corrected chi connectivity index (χ2v) is 3.33. The molecule has 14 heavy (non-hydrogen) atoms. The van der Waals surface area contributed by atoms with Gasteiger partial charge in [-0.3, -0.25) is 0 Å². The van der Waals surface area contributed by atoms with Crippen LogP contribution < -0.4 is 10.1 Å². The van der Waals surface area contributed by atoms with Crippen molar-refractivity contribution >= 4 is 0 Å². The first-order valence-electron chi connectivity index (χ1n) is 4.73. The lowest BCUT2D eigenvalue weighted by molar-refractivity contribution is 0.347. The first-order valence-corrected chi connectivity index (χ1v) is 4.73. The Kier molecular flexibility index (Phi) is 4.20. The summed E-state index contributed by atoms with van der Waals surface area (Å²) >= 11 is 0. The number of likely N-dealkylation sites (N-methyl/N-ethyl adjacent to an activating group) is 1. The van der Waals surface area contributed by atoms with Gasteiger partial charge in [-0.1, -0.05) is 24.8 Å². The van der Waals surface area contributed by atoms with Crippen molar-refractivity contribution in [2.24, 2.45) is 0 Å². The molecule has 2 nitrogen and oxygen atoms in total. The van der Waals surface area contributed by atoms with Crippen molar-refractivity contribution in [3.05, 3.63) is 42.0 Å². The second kappa shape index (κ2) is 5.45. The van der Waals surface area contributed by atoms with E-state index in [1.807, 2.05) is 38.2 Å². The van der Waals surface area contributed by atoms with Crippen LogP contribution >= 0.6 is 0 Å². The third kappa shape index (κ3) is 3.23. The minimum atomic E-state index is 0.575. The van der Waals surface area contributed by atoms with E-state index in [2.05, 4.69) is 11.9 Å². The molecule has 0 spiro atoms. The maximum Gasteiger partial charge on any atom is 0.122 e. The van der Waals surface area contributed by atoms with E-state index in [1.54, 1.807) is 0 Å². The molecule has 0 saturated heterocycles. The summed E-state index contributed by atoms with van der Waals surface area (Å²) in [7, 11) is 1.90. The van der Waals surface area contributed by atoms with Crippen LogP contribution in [0.4, 0.5) is 0 Å². The lowest BCUT2D eigenvalue weighted by Crippen LogP contribution is -2.14. The van der Waals surface area contributed by atoms with Crippen molar-refractivity contribution in [1.82, 2.24) is 5.32 Å². The maximum atomic E-state index is 5.61. The molecule has 0 heterocycles. The maximum absolute atomic E-state index is 5.61. The van der Waals surface area contributed by atoms with E-state index in [4.69, 9.17) is 4.74 Å². The number of ether oxygens (including phenoxy) is 1. The summed E-state index contributed by atoms with van der Waals surface area (Å²) in [6.45, 7) is 7.31. The van der Waals surface area contributed by atoms with E-state index in [9.17, 15) is 0 Å². The molecule has 0 aliphatic heterocycles. The summed E-state index contributed by atoms with van der Waals surface area (Å²) in [5.74, 6) is 0.935.